The number of nitrogens with one attached hydrogen (secondary N) is 2. The van der Waals surface area contributed by atoms with E-state index in [2.05, 4.69) is 10.6 Å². The van der Waals surface area contributed by atoms with E-state index in [1.54, 1.807) is 6.92 Å². The second-order valence-corrected chi connectivity index (χ2v) is 7.42. The quantitative estimate of drug-likeness (QED) is 0.834. The molecule has 1 saturated heterocycles. The van der Waals surface area contributed by atoms with Crippen LogP contribution < -0.4 is 10.6 Å². The van der Waals surface area contributed by atoms with Crippen LogP contribution in [0, 0.1) is 6.92 Å². The van der Waals surface area contributed by atoms with Gasteiger partial charge in [0.05, 0.1) is 5.56 Å². The van der Waals surface area contributed by atoms with Gasteiger partial charge in [0.2, 0.25) is 5.09 Å². The summed E-state index contributed by atoms with van der Waals surface area (Å²) in [6.45, 7) is 3.27. The third-order valence-electron chi connectivity index (χ3n) is 3.51. The Kier molecular flexibility index (Phi) is 6.42. The fraction of sp³-hybridized carbons (Fsp3) is 0.615. The second kappa shape index (κ2) is 7.45. The molecule has 1 amide bonds. The molecule has 1 atom stereocenters. The summed E-state index contributed by atoms with van der Waals surface area (Å²) in [5.41, 5.74) is 0.265. The Morgan fingerprint density at radius 1 is 1.45 bits per heavy atom. The molecule has 22 heavy (non-hydrogen) atoms. The van der Waals surface area contributed by atoms with Crippen LogP contribution in [0.25, 0.3) is 0 Å². The fourth-order valence-corrected chi connectivity index (χ4v) is 3.08. The molecule has 1 aliphatic rings. The number of aryl methyl sites for hydroxylation is 1. The average molecular weight is 352 g/mol. The predicted molar refractivity (Wildman–Crippen MR) is 84.9 cm³/mol. The van der Waals surface area contributed by atoms with Crippen molar-refractivity contribution < 1.29 is 17.6 Å². The molecular formula is C13H22ClN3O4S. The summed E-state index contributed by atoms with van der Waals surface area (Å²) in [5, 5.41) is 5.90. The van der Waals surface area contributed by atoms with Gasteiger partial charge in [-0.2, -0.15) is 0 Å². The predicted octanol–water partition coefficient (Wildman–Crippen LogP) is 0.742. The SMILES string of the molecule is Cc1oc(S(=O)(=O)N(C)C)cc1C(=O)N[C@H]1CCCNC1.Cl. The summed E-state index contributed by atoms with van der Waals surface area (Å²) >= 11 is 0. The van der Waals surface area contributed by atoms with Gasteiger partial charge in [0, 0.05) is 32.7 Å². The maximum absolute atomic E-state index is 12.2. The number of sulfonamides is 1. The number of furan rings is 1. The zero-order valence-corrected chi connectivity index (χ0v) is 14.5. The molecule has 0 saturated carbocycles. The number of halogens is 1. The normalized spacial score (nSPS) is 18.8. The van der Waals surface area contributed by atoms with E-state index in [0.717, 1.165) is 30.2 Å². The molecule has 0 spiro atoms. The number of hydrogen-bond acceptors (Lipinski definition) is 5. The highest BCUT2D eigenvalue weighted by molar-refractivity contribution is 7.88. The molecule has 2 rings (SSSR count). The Balaban J connectivity index is 0.00000242. The van der Waals surface area contributed by atoms with E-state index in [0.29, 0.717) is 5.76 Å². The molecule has 1 aliphatic heterocycles. The van der Waals surface area contributed by atoms with E-state index in [1.807, 2.05) is 0 Å². The molecule has 7 nitrogen and oxygen atoms in total. The van der Waals surface area contributed by atoms with E-state index in [1.165, 1.54) is 20.2 Å². The Hall–Kier alpha value is -1.09. The number of amides is 1. The lowest BCUT2D eigenvalue weighted by molar-refractivity contribution is 0.0929. The van der Waals surface area contributed by atoms with Gasteiger partial charge in [-0.05, 0) is 26.3 Å². The lowest BCUT2D eigenvalue weighted by atomic mass is 10.1. The number of hydrogen-bond donors (Lipinski definition) is 2. The Morgan fingerprint density at radius 3 is 2.68 bits per heavy atom. The van der Waals surface area contributed by atoms with Gasteiger partial charge >= 0.3 is 0 Å². The van der Waals surface area contributed by atoms with Gasteiger partial charge in [-0.1, -0.05) is 0 Å². The molecule has 2 N–H and O–H groups in total. The molecule has 126 valence electrons. The highest BCUT2D eigenvalue weighted by atomic mass is 35.5. The molecule has 2 heterocycles. The fourth-order valence-electron chi connectivity index (χ4n) is 2.23. The smallest absolute Gasteiger partial charge is 0.275 e. The number of carbonyl (C=O) groups excluding carboxylic acids is 1. The Morgan fingerprint density at radius 2 is 2.14 bits per heavy atom. The van der Waals surface area contributed by atoms with E-state index in [9.17, 15) is 13.2 Å². The van der Waals surface area contributed by atoms with Gasteiger partial charge in [0.1, 0.15) is 5.76 Å². The van der Waals surface area contributed by atoms with Crippen LogP contribution in [0.4, 0.5) is 0 Å². The van der Waals surface area contributed by atoms with Crippen molar-refractivity contribution in [2.45, 2.75) is 30.9 Å². The second-order valence-electron chi connectivity index (χ2n) is 5.34. The van der Waals surface area contributed by atoms with Crippen LogP contribution in [0.1, 0.15) is 29.0 Å². The van der Waals surface area contributed by atoms with Gasteiger partial charge in [-0.3, -0.25) is 4.79 Å². The first-order valence-electron chi connectivity index (χ1n) is 6.87. The summed E-state index contributed by atoms with van der Waals surface area (Å²) < 4.78 is 30.3. The third kappa shape index (κ3) is 4.01. The highest BCUT2D eigenvalue weighted by Gasteiger charge is 2.26. The van der Waals surface area contributed by atoms with E-state index < -0.39 is 10.0 Å². The standard InChI is InChI=1S/C13H21N3O4S.ClH/c1-9-11(7-12(20-9)21(18,19)16(2)3)13(17)15-10-5-4-6-14-8-10;/h7,10,14H,4-6,8H2,1-3H3,(H,15,17);1H/t10-;/m0./s1. The van der Waals surface area contributed by atoms with Crippen LogP contribution in [-0.2, 0) is 10.0 Å². The lowest BCUT2D eigenvalue weighted by Crippen LogP contribution is -2.45. The maximum Gasteiger partial charge on any atom is 0.275 e. The lowest BCUT2D eigenvalue weighted by Gasteiger charge is -2.23. The van der Waals surface area contributed by atoms with Crippen LogP contribution in [0.2, 0.25) is 0 Å². The minimum Gasteiger partial charge on any atom is -0.448 e. The van der Waals surface area contributed by atoms with Gasteiger partial charge in [-0.25, -0.2) is 12.7 Å². The molecule has 9 heteroatoms. The first kappa shape index (κ1) is 19.0. The number of rotatable bonds is 4. The zero-order chi connectivity index (χ0) is 15.6. The van der Waals surface area contributed by atoms with Crippen molar-refractivity contribution in [1.29, 1.82) is 0 Å². The molecule has 0 radical (unpaired) electrons. The minimum atomic E-state index is -3.67. The van der Waals surface area contributed by atoms with E-state index >= 15 is 0 Å². The van der Waals surface area contributed by atoms with Gasteiger partial charge < -0.3 is 15.1 Å². The minimum absolute atomic E-state index is 0. The van der Waals surface area contributed by atoms with Crippen LogP contribution in [0.15, 0.2) is 15.6 Å². The topological polar surface area (TPSA) is 91.7 Å². The van der Waals surface area contributed by atoms with Crippen molar-refractivity contribution in [2.24, 2.45) is 0 Å². The zero-order valence-electron chi connectivity index (χ0n) is 12.9. The first-order chi connectivity index (χ1) is 9.82. The highest BCUT2D eigenvalue weighted by Crippen LogP contribution is 2.21. The Bertz CT molecular complexity index is 621. The van der Waals surface area contributed by atoms with Crippen LogP contribution in [-0.4, -0.2) is 51.9 Å². The summed E-state index contributed by atoms with van der Waals surface area (Å²) in [6.07, 6.45) is 1.92. The number of nitrogens with zero attached hydrogens (tertiary/aromatic N) is 1. The van der Waals surface area contributed by atoms with Crippen LogP contribution >= 0.6 is 12.4 Å². The van der Waals surface area contributed by atoms with Crippen molar-refractivity contribution in [3.8, 4) is 0 Å². The van der Waals surface area contributed by atoms with E-state index in [-0.39, 0.29) is 35.0 Å². The van der Waals surface area contributed by atoms with E-state index in [4.69, 9.17) is 4.42 Å². The molecular weight excluding hydrogens is 330 g/mol. The summed E-state index contributed by atoms with van der Waals surface area (Å²) in [6, 6.07) is 1.35. The Labute approximate surface area is 136 Å². The first-order valence-corrected chi connectivity index (χ1v) is 8.31. The van der Waals surface area contributed by atoms with Gasteiger partial charge in [0.15, 0.2) is 0 Å². The van der Waals surface area contributed by atoms with Crippen LogP contribution in [0.3, 0.4) is 0 Å². The summed E-state index contributed by atoms with van der Waals surface area (Å²) in [7, 11) is -0.836. The van der Waals surface area contributed by atoms with Crippen molar-refractivity contribution in [1.82, 2.24) is 14.9 Å². The van der Waals surface area contributed by atoms with Gasteiger partial charge in [-0.15, -0.1) is 12.4 Å². The third-order valence-corrected chi connectivity index (χ3v) is 5.18. The molecule has 0 aliphatic carbocycles. The number of carbonyl (C=O) groups is 1. The van der Waals surface area contributed by atoms with Crippen molar-refractivity contribution in [2.75, 3.05) is 27.2 Å². The monoisotopic (exact) mass is 351 g/mol. The summed E-state index contributed by atoms with van der Waals surface area (Å²) in [5.74, 6) is 0.00171. The molecule has 0 bridgehead atoms. The molecule has 1 aromatic heterocycles. The summed E-state index contributed by atoms with van der Waals surface area (Å²) in [4.78, 5) is 12.2. The van der Waals surface area contributed by atoms with Crippen molar-refractivity contribution in [3.63, 3.8) is 0 Å². The van der Waals surface area contributed by atoms with Crippen molar-refractivity contribution in [3.05, 3.63) is 17.4 Å². The molecule has 1 aromatic rings. The maximum atomic E-state index is 12.2. The number of piperidine rings is 1. The largest absolute Gasteiger partial charge is 0.448 e. The van der Waals surface area contributed by atoms with Crippen LogP contribution in [0.5, 0.6) is 0 Å². The molecule has 0 aromatic carbocycles. The van der Waals surface area contributed by atoms with Crippen molar-refractivity contribution >= 4 is 28.3 Å². The molecule has 0 unspecified atom stereocenters. The van der Waals surface area contributed by atoms with Gasteiger partial charge in [0.25, 0.3) is 15.9 Å². The molecule has 1 fully saturated rings. The average Bonchev–Trinajstić information content (AvgIpc) is 2.82.